The fraction of sp³-hybridized carbons (Fsp3) is 0.593. The number of carbonyl (C=O) groups is 1. The molecule has 3 aliphatic heterocycles. The van der Waals surface area contributed by atoms with Crippen LogP contribution < -0.4 is 4.74 Å². The highest BCUT2D eigenvalue weighted by molar-refractivity contribution is 7.17. The van der Waals surface area contributed by atoms with Crippen molar-refractivity contribution in [3.63, 3.8) is 0 Å². The van der Waals surface area contributed by atoms with Crippen molar-refractivity contribution in [2.24, 2.45) is 0 Å². The van der Waals surface area contributed by atoms with Crippen LogP contribution in [-0.2, 0) is 4.74 Å². The van der Waals surface area contributed by atoms with Gasteiger partial charge in [-0.2, -0.15) is 0 Å². The van der Waals surface area contributed by atoms with Gasteiger partial charge in [-0.25, -0.2) is 0 Å². The summed E-state index contributed by atoms with van der Waals surface area (Å²) in [5, 5.41) is 0. The lowest BCUT2D eigenvalue weighted by Crippen LogP contribution is -2.43. The molecule has 0 saturated carbocycles. The molecule has 0 unspecified atom stereocenters. The summed E-state index contributed by atoms with van der Waals surface area (Å²) in [7, 11) is 0. The Balaban J connectivity index is 1.36. The molecule has 2 aromatic rings. The number of carbonyl (C=O) groups excluding carboxylic acids is 1. The first-order valence-corrected chi connectivity index (χ1v) is 13.7. The normalized spacial score (nSPS) is 20.7. The zero-order valence-corrected chi connectivity index (χ0v) is 21.4. The van der Waals surface area contributed by atoms with E-state index in [1.165, 1.54) is 17.4 Å². The predicted molar refractivity (Wildman–Crippen MR) is 134 cm³/mol. The molecule has 0 spiro atoms. The summed E-state index contributed by atoms with van der Waals surface area (Å²) in [5.74, 6) is -0.0891. The number of alkyl halides is 3. The SMILES string of the molecule is Cc1cc(-c2ccc(C3CCN(C4CCOCC4)CC3)c(OC(F)(F)F)c2)sc1C(=O)N1CCCC1. The average molecular weight is 523 g/mol. The molecule has 3 saturated heterocycles. The van der Waals surface area contributed by atoms with E-state index in [0.717, 1.165) is 88.4 Å². The van der Waals surface area contributed by atoms with Crippen LogP contribution in [0.1, 0.15) is 65.2 Å². The summed E-state index contributed by atoms with van der Waals surface area (Å²) >= 11 is 1.35. The highest BCUT2D eigenvalue weighted by Crippen LogP contribution is 2.41. The van der Waals surface area contributed by atoms with Crippen molar-refractivity contribution in [3.8, 4) is 16.2 Å². The Morgan fingerprint density at radius 1 is 1.03 bits per heavy atom. The number of benzene rings is 1. The zero-order valence-electron chi connectivity index (χ0n) is 20.6. The Morgan fingerprint density at radius 2 is 1.72 bits per heavy atom. The molecule has 0 bridgehead atoms. The number of nitrogens with zero attached hydrogens (tertiary/aromatic N) is 2. The van der Waals surface area contributed by atoms with E-state index in [-0.39, 0.29) is 17.6 Å². The molecule has 0 atom stereocenters. The minimum atomic E-state index is -4.77. The number of aryl methyl sites for hydroxylation is 1. The van der Waals surface area contributed by atoms with E-state index in [0.29, 0.717) is 22.0 Å². The van der Waals surface area contributed by atoms with Crippen molar-refractivity contribution < 1.29 is 27.4 Å². The molecule has 0 radical (unpaired) electrons. The molecule has 36 heavy (non-hydrogen) atoms. The van der Waals surface area contributed by atoms with Gasteiger partial charge in [0, 0.05) is 37.2 Å². The van der Waals surface area contributed by atoms with Gasteiger partial charge in [0.25, 0.3) is 5.91 Å². The number of thiophene rings is 1. The Morgan fingerprint density at radius 3 is 2.39 bits per heavy atom. The predicted octanol–water partition coefficient (Wildman–Crippen LogP) is 6.22. The van der Waals surface area contributed by atoms with Crippen molar-refractivity contribution in [2.75, 3.05) is 39.4 Å². The van der Waals surface area contributed by atoms with Crippen molar-refractivity contribution in [1.82, 2.24) is 9.80 Å². The third-order valence-electron chi connectivity index (χ3n) is 7.71. The molecular weight excluding hydrogens is 489 g/mol. The Hall–Kier alpha value is -2.10. The van der Waals surface area contributed by atoms with Crippen molar-refractivity contribution in [1.29, 1.82) is 0 Å². The number of rotatable bonds is 5. The van der Waals surface area contributed by atoms with Gasteiger partial charge in [0.05, 0.1) is 4.88 Å². The highest BCUT2D eigenvalue weighted by Gasteiger charge is 2.35. The minimum Gasteiger partial charge on any atom is -0.405 e. The first-order valence-electron chi connectivity index (χ1n) is 12.9. The molecule has 3 aliphatic rings. The monoisotopic (exact) mass is 522 g/mol. The van der Waals surface area contributed by atoms with Crippen LogP contribution in [0.3, 0.4) is 0 Å². The third-order valence-corrected chi connectivity index (χ3v) is 8.98. The fourth-order valence-electron chi connectivity index (χ4n) is 5.76. The molecule has 196 valence electrons. The maximum Gasteiger partial charge on any atom is 0.573 e. The molecule has 9 heteroatoms. The van der Waals surface area contributed by atoms with Gasteiger partial charge in [-0.05, 0) is 93.3 Å². The van der Waals surface area contributed by atoms with Crippen molar-refractivity contribution in [3.05, 3.63) is 40.3 Å². The van der Waals surface area contributed by atoms with Crippen LogP contribution in [0, 0.1) is 6.92 Å². The number of halogens is 3. The zero-order chi connectivity index (χ0) is 25.3. The number of piperidine rings is 1. The average Bonchev–Trinajstić information content (AvgIpc) is 3.54. The van der Waals surface area contributed by atoms with E-state index in [4.69, 9.17) is 4.74 Å². The topological polar surface area (TPSA) is 42.0 Å². The summed E-state index contributed by atoms with van der Waals surface area (Å²) in [4.78, 5) is 18.7. The lowest BCUT2D eigenvalue weighted by molar-refractivity contribution is -0.275. The standard InChI is InChI=1S/C27H33F3N2O3S/c1-18-16-24(36-25(18)26(33)32-10-2-3-11-32)20-4-5-22(23(17-20)35-27(28,29)30)19-6-12-31(13-7-19)21-8-14-34-15-9-21/h4-5,16-17,19,21H,2-3,6-15H2,1H3. The molecular formula is C27H33F3N2O3S. The largest absolute Gasteiger partial charge is 0.573 e. The van der Waals surface area contributed by atoms with E-state index in [9.17, 15) is 18.0 Å². The van der Waals surface area contributed by atoms with Crippen LogP contribution in [0.5, 0.6) is 5.75 Å². The van der Waals surface area contributed by atoms with Crippen molar-refractivity contribution >= 4 is 17.2 Å². The minimum absolute atomic E-state index is 0.0147. The van der Waals surface area contributed by atoms with Gasteiger partial charge in [-0.15, -0.1) is 24.5 Å². The Bertz CT molecular complexity index is 1070. The van der Waals surface area contributed by atoms with E-state index in [2.05, 4.69) is 9.64 Å². The first-order chi connectivity index (χ1) is 17.3. The van der Waals surface area contributed by atoms with Crippen LogP contribution in [0.2, 0.25) is 0 Å². The molecule has 5 nitrogen and oxygen atoms in total. The molecule has 1 aromatic carbocycles. The van der Waals surface area contributed by atoms with E-state index in [1.54, 1.807) is 6.07 Å². The maximum absolute atomic E-state index is 13.4. The molecule has 3 fully saturated rings. The van der Waals surface area contributed by atoms with E-state index in [1.807, 2.05) is 24.0 Å². The van der Waals surface area contributed by atoms with Crippen LogP contribution in [-0.4, -0.2) is 67.5 Å². The second kappa shape index (κ2) is 10.7. The molecule has 0 N–H and O–H groups in total. The quantitative estimate of drug-likeness (QED) is 0.468. The lowest BCUT2D eigenvalue weighted by Gasteiger charge is -2.39. The lowest BCUT2D eigenvalue weighted by atomic mass is 9.87. The van der Waals surface area contributed by atoms with Gasteiger partial charge in [-0.3, -0.25) is 4.79 Å². The highest BCUT2D eigenvalue weighted by atomic mass is 32.1. The molecule has 0 aliphatic carbocycles. The summed E-state index contributed by atoms with van der Waals surface area (Å²) < 4.78 is 50.2. The Labute approximate surface area is 214 Å². The van der Waals surface area contributed by atoms with Crippen LogP contribution in [0.4, 0.5) is 13.2 Å². The van der Waals surface area contributed by atoms with Crippen LogP contribution >= 0.6 is 11.3 Å². The second-order valence-electron chi connectivity index (χ2n) is 10.1. The van der Waals surface area contributed by atoms with E-state index < -0.39 is 6.36 Å². The molecule has 4 heterocycles. The summed E-state index contributed by atoms with van der Waals surface area (Å²) in [6.45, 7) is 6.71. The van der Waals surface area contributed by atoms with Crippen molar-refractivity contribution in [2.45, 2.75) is 63.8 Å². The van der Waals surface area contributed by atoms with Gasteiger partial charge in [0.2, 0.25) is 0 Å². The summed E-state index contributed by atoms with van der Waals surface area (Å²) in [6, 6.07) is 7.57. The number of likely N-dealkylation sites (tertiary alicyclic amines) is 2. The fourth-order valence-corrected chi connectivity index (χ4v) is 6.90. The van der Waals surface area contributed by atoms with Gasteiger partial charge >= 0.3 is 6.36 Å². The smallest absolute Gasteiger partial charge is 0.405 e. The number of hydrogen-bond donors (Lipinski definition) is 0. The van der Waals surface area contributed by atoms with Crippen LogP contribution in [0.15, 0.2) is 24.3 Å². The first kappa shape index (κ1) is 25.5. The molecule has 1 amide bonds. The maximum atomic E-state index is 13.4. The summed E-state index contributed by atoms with van der Waals surface area (Å²) in [5.41, 5.74) is 2.12. The molecule has 5 rings (SSSR count). The van der Waals surface area contributed by atoms with Gasteiger partial charge in [0.1, 0.15) is 5.75 Å². The third kappa shape index (κ3) is 5.73. The van der Waals surface area contributed by atoms with Gasteiger partial charge in [-0.1, -0.05) is 12.1 Å². The van der Waals surface area contributed by atoms with E-state index >= 15 is 0 Å². The van der Waals surface area contributed by atoms with Crippen LogP contribution in [0.25, 0.3) is 10.4 Å². The number of ether oxygens (including phenoxy) is 2. The number of amides is 1. The summed E-state index contributed by atoms with van der Waals surface area (Å²) in [6.07, 6.45) is 0.898. The number of hydrogen-bond acceptors (Lipinski definition) is 5. The molecule has 1 aromatic heterocycles. The van der Waals surface area contributed by atoms with Gasteiger partial charge in [0.15, 0.2) is 0 Å². The van der Waals surface area contributed by atoms with Gasteiger partial charge < -0.3 is 19.3 Å². The second-order valence-corrected chi connectivity index (χ2v) is 11.1. The Kier molecular flexibility index (Phi) is 7.60.